The number of amidine groups is 1. The molecule has 1 aliphatic carbocycles. The van der Waals surface area contributed by atoms with E-state index in [1.165, 1.54) is 52.4 Å². The zero-order valence-corrected chi connectivity index (χ0v) is 22.7. The molecule has 1 saturated heterocycles. The lowest BCUT2D eigenvalue weighted by molar-refractivity contribution is 0.118. The molecule has 2 N–H and O–H groups in total. The second kappa shape index (κ2) is 11.3. The largest absolute Gasteiger partial charge is 0.395 e. The Hall–Kier alpha value is -1.44. The van der Waals surface area contributed by atoms with Crippen LogP contribution in [0.15, 0.2) is 57.2 Å². The van der Waals surface area contributed by atoms with Crippen molar-refractivity contribution in [1.29, 1.82) is 0 Å². The first-order valence-electron chi connectivity index (χ1n) is 12.7. The number of halogens is 2. The highest BCUT2D eigenvalue weighted by Gasteiger charge is 2.37. The summed E-state index contributed by atoms with van der Waals surface area (Å²) in [5.41, 5.74) is 3.74. The molecule has 0 spiro atoms. The smallest absolute Gasteiger partial charge is 0.128 e. The Morgan fingerprint density at radius 3 is 2.63 bits per heavy atom. The van der Waals surface area contributed by atoms with E-state index in [1.807, 2.05) is 11.8 Å². The number of aliphatic imine (C=N–C) groups is 1. The van der Waals surface area contributed by atoms with Crippen LogP contribution < -0.4 is 10.2 Å². The molecule has 3 heterocycles. The Morgan fingerprint density at radius 1 is 1.03 bits per heavy atom. The van der Waals surface area contributed by atoms with E-state index in [1.54, 1.807) is 0 Å². The minimum absolute atomic E-state index is 0. The van der Waals surface area contributed by atoms with E-state index < -0.39 is 0 Å². The van der Waals surface area contributed by atoms with Crippen molar-refractivity contribution in [3.63, 3.8) is 0 Å². The summed E-state index contributed by atoms with van der Waals surface area (Å²) in [7, 11) is 0. The number of hydrogen-bond acceptors (Lipinski definition) is 6. The van der Waals surface area contributed by atoms with Gasteiger partial charge in [-0.25, -0.2) is 0 Å². The zero-order valence-electron chi connectivity index (χ0n) is 20.2. The average Bonchev–Trinajstić information content (AvgIpc) is 3.51. The van der Waals surface area contributed by atoms with E-state index in [-0.39, 0.29) is 43.6 Å². The van der Waals surface area contributed by atoms with Gasteiger partial charge in [0, 0.05) is 34.0 Å². The number of fused-ring (bicyclic) bond motifs is 3. The number of nitrogens with zero attached hydrogens (tertiary/aromatic N) is 3. The molecule has 0 bridgehead atoms. The molecular weight excluding hydrogens is 499 g/mol. The van der Waals surface area contributed by atoms with E-state index in [4.69, 9.17) is 4.99 Å². The fraction of sp³-hybridized carbons (Fsp3) is 0.519. The third kappa shape index (κ3) is 4.80. The molecule has 2 aromatic carbocycles. The van der Waals surface area contributed by atoms with Crippen molar-refractivity contribution in [2.24, 2.45) is 4.99 Å². The van der Waals surface area contributed by atoms with Crippen LogP contribution in [-0.2, 0) is 0 Å². The van der Waals surface area contributed by atoms with Crippen LogP contribution in [0.2, 0.25) is 0 Å². The summed E-state index contributed by atoms with van der Waals surface area (Å²) in [5, 5.41) is 13.8. The highest BCUT2D eigenvalue weighted by molar-refractivity contribution is 7.99. The van der Waals surface area contributed by atoms with Crippen molar-refractivity contribution in [1.82, 2.24) is 10.2 Å². The van der Waals surface area contributed by atoms with Crippen LogP contribution in [0.25, 0.3) is 0 Å². The van der Waals surface area contributed by atoms with Gasteiger partial charge in [-0.15, -0.1) is 24.8 Å². The third-order valence-corrected chi connectivity index (χ3v) is 8.99. The molecule has 190 valence electrons. The van der Waals surface area contributed by atoms with Gasteiger partial charge in [0.2, 0.25) is 0 Å². The number of likely N-dealkylation sites (tertiary alicyclic amines) is 1. The van der Waals surface area contributed by atoms with Gasteiger partial charge in [-0.05, 0) is 56.4 Å². The van der Waals surface area contributed by atoms with Gasteiger partial charge in [-0.3, -0.25) is 9.89 Å². The first-order valence-corrected chi connectivity index (χ1v) is 13.5. The van der Waals surface area contributed by atoms with Gasteiger partial charge in [0.1, 0.15) is 5.84 Å². The Balaban J connectivity index is 0.00000144. The van der Waals surface area contributed by atoms with Crippen LogP contribution in [0, 0.1) is 0 Å². The van der Waals surface area contributed by atoms with E-state index >= 15 is 0 Å². The molecule has 1 saturated carbocycles. The second-order valence-electron chi connectivity index (χ2n) is 9.81. The third-order valence-electron chi connectivity index (χ3n) is 7.86. The van der Waals surface area contributed by atoms with Crippen LogP contribution >= 0.6 is 36.6 Å². The normalized spacial score (nSPS) is 25.8. The topological polar surface area (TPSA) is 51.1 Å². The van der Waals surface area contributed by atoms with Crippen molar-refractivity contribution < 1.29 is 5.11 Å². The molecule has 2 aromatic rings. The molecule has 4 unspecified atom stereocenters. The summed E-state index contributed by atoms with van der Waals surface area (Å²) >= 11 is 1.86. The Labute approximate surface area is 225 Å². The maximum Gasteiger partial charge on any atom is 0.128 e. The monoisotopic (exact) mass is 534 g/mol. The van der Waals surface area contributed by atoms with Gasteiger partial charge < -0.3 is 15.3 Å². The first kappa shape index (κ1) is 26.6. The van der Waals surface area contributed by atoms with Crippen LogP contribution in [0.5, 0.6) is 0 Å². The highest BCUT2D eigenvalue weighted by atomic mass is 35.5. The minimum atomic E-state index is 0. The van der Waals surface area contributed by atoms with Crippen LogP contribution in [0.4, 0.5) is 11.4 Å². The van der Waals surface area contributed by atoms with E-state index in [0.29, 0.717) is 12.1 Å². The van der Waals surface area contributed by atoms with E-state index in [9.17, 15) is 5.11 Å². The quantitative estimate of drug-likeness (QED) is 0.493. The summed E-state index contributed by atoms with van der Waals surface area (Å²) in [6.45, 7) is 3.55. The molecule has 35 heavy (non-hydrogen) atoms. The number of nitrogens with one attached hydrogen (secondary N) is 1. The molecule has 6 rings (SSSR count). The van der Waals surface area contributed by atoms with Crippen molar-refractivity contribution in [2.45, 2.75) is 86.0 Å². The molecule has 3 aliphatic heterocycles. The van der Waals surface area contributed by atoms with Crippen LogP contribution in [0.3, 0.4) is 0 Å². The van der Waals surface area contributed by atoms with Gasteiger partial charge in [0.15, 0.2) is 0 Å². The maximum absolute atomic E-state index is 10.1. The van der Waals surface area contributed by atoms with Crippen molar-refractivity contribution in [2.75, 3.05) is 18.1 Å². The summed E-state index contributed by atoms with van der Waals surface area (Å²) < 4.78 is 0. The van der Waals surface area contributed by atoms with Gasteiger partial charge >= 0.3 is 0 Å². The van der Waals surface area contributed by atoms with Gasteiger partial charge in [-0.2, -0.15) is 0 Å². The fourth-order valence-electron chi connectivity index (χ4n) is 6.23. The number of aliphatic hydroxyl groups is 1. The minimum Gasteiger partial charge on any atom is -0.395 e. The lowest BCUT2D eigenvalue weighted by Crippen LogP contribution is -2.50. The number of hydrogen-bond donors (Lipinski definition) is 2. The highest BCUT2D eigenvalue weighted by Crippen LogP contribution is 2.50. The SMILES string of the molecule is CCC(N1c2ccccc2Sc2ccc(C3=NC4CCCCC4N3)cc21)N1CCCC1CO.Cl.Cl. The van der Waals surface area contributed by atoms with Gasteiger partial charge in [0.05, 0.1) is 30.2 Å². The van der Waals surface area contributed by atoms with Gasteiger partial charge in [0.25, 0.3) is 0 Å². The molecule has 8 heteroatoms. The van der Waals surface area contributed by atoms with Crippen molar-refractivity contribution in [3.8, 4) is 0 Å². The Kier molecular flexibility index (Phi) is 8.60. The summed E-state index contributed by atoms with van der Waals surface area (Å²) in [5.74, 6) is 1.07. The molecule has 0 amide bonds. The maximum atomic E-state index is 10.1. The van der Waals surface area contributed by atoms with E-state index in [0.717, 1.165) is 31.6 Å². The van der Waals surface area contributed by atoms with Crippen LogP contribution in [-0.4, -0.2) is 53.3 Å². The molecule has 5 nitrogen and oxygen atoms in total. The Morgan fingerprint density at radius 2 is 1.83 bits per heavy atom. The molecule has 2 fully saturated rings. The number of para-hydroxylation sites is 1. The van der Waals surface area contributed by atoms with E-state index in [2.05, 4.69) is 64.5 Å². The predicted molar refractivity (Wildman–Crippen MR) is 150 cm³/mol. The standard InChI is InChI=1S/C27H34N4OS.2ClH/c1-2-26(30-15-7-8-19(30)17-32)31-22-11-5-6-12-24(22)33-25-14-13-18(16-23(25)31)27-28-20-9-3-4-10-21(20)29-27;;/h5-6,11-14,16,19-21,26,32H,2-4,7-10,15,17H2,1H3,(H,28,29);2*1H. The van der Waals surface area contributed by atoms with Crippen molar-refractivity contribution in [3.05, 3.63) is 48.0 Å². The average molecular weight is 536 g/mol. The molecule has 0 aromatic heterocycles. The molecule has 4 aliphatic rings. The number of anilines is 2. The number of benzene rings is 2. The first-order chi connectivity index (χ1) is 16.3. The number of rotatable bonds is 5. The molecule has 0 radical (unpaired) electrons. The fourth-order valence-corrected chi connectivity index (χ4v) is 7.29. The summed E-state index contributed by atoms with van der Waals surface area (Å²) in [6.07, 6.45) is 8.50. The summed E-state index contributed by atoms with van der Waals surface area (Å²) in [6, 6.07) is 16.8. The zero-order chi connectivity index (χ0) is 22.4. The predicted octanol–water partition coefficient (Wildman–Crippen LogP) is 5.99. The lowest BCUT2D eigenvalue weighted by Gasteiger charge is -2.44. The van der Waals surface area contributed by atoms with Gasteiger partial charge in [-0.1, -0.05) is 49.7 Å². The number of aliphatic hydroxyl groups excluding tert-OH is 1. The summed E-state index contributed by atoms with van der Waals surface area (Å²) in [4.78, 5) is 12.8. The molecule has 4 atom stereocenters. The lowest BCUT2D eigenvalue weighted by atomic mass is 9.92. The van der Waals surface area contributed by atoms with Crippen LogP contribution in [0.1, 0.15) is 57.4 Å². The Bertz CT molecular complexity index is 1070. The molecular formula is C27H36Cl2N4OS. The second-order valence-corrected chi connectivity index (χ2v) is 10.9. The van der Waals surface area contributed by atoms with Crippen molar-refractivity contribution >= 4 is 53.8 Å².